The van der Waals surface area contributed by atoms with Gasteiger partial charge in [0.15, 0.2) is 0 Å². The van der Waals surface area contributed by atoms with E-state index in [2.05, 4.69) is 15.3 Å². The van der Waals surface area contributed by atoms with E-state index in [1.54, 1.807) is 37.3 Å². The molecule has 0 fully saturated rings. The second-order valence-corrected chi connectivity index (χ2v) is 6.33. The number of benzene rings is 2. The molecule has 1 heterocycles. The Balaban J connectivity index is 1.72. The number of nitrogens with one attached hydrogen (secondary N) is 1. The number of aryl methyl sites for hydroxylation is 1. The van der Waals surface area contributed by atoms with Crippen LogP contribution >= 0.6 is 23.8 Å². The fourth-order valence-electron chi connectivity index (χ4n) is 2.18. The molecule has 2 aromatic carbocycles. The van der Waals surface area contributed by atoms with Gasteiger partial charge in [0.05, 0.1) is 11.2 Å². The number of aromatic amines is 1. The normalized spacial score (nSPS) is 11.1. The van der Waals surface area contributed by atoms with Gasteiger partial charge in [-0.15, -0.1) is 0 Å². The molecule has 0 saturated carbocycles. The Labute approximate surface area is 163 Å². The number of aromatic nitrogens is 3. The minimum absolute atomic E-state index is 0.0137. The lowest BCUT2D eigenvalue weighted by Gasteiger charge is -2.09. The van der Waals surface area contributed by atoms with Crippen LogP contribution in [0.1, 0.15) is 16.8 Å². The number of ether oxygens (including phenoxy) is 1. The standard InChI is InChI=1S/C18H14ClFN4O2S/c1-11-17(25)24(18(27)23-22-11)21-9-12-5-7-13(8-6-12)26-10-14-15(19)3-2-4-16(14)20/h2-9H,10H2,1H3,(H,23,27)/b21-9+. The highest BCUT2D eigenvalue weighted by Crippen LogP contribution is 2.21. The molecule has 0 amide bonds. The van der Waals surface area contributed by atoms with Crippen molar-refractivity contribution in [2.24, 2.45) is 5.10 Å². The number of hydrogen-bond donors (Lipinski definition) is 1. The first-order valence-corrected chi connectivity index (χ1v) is 8.63. The molecule has 3 aromatic rings. The Morgan fingerprint density at radius 3 is 2.78 bits per heavy atom. The van der Waals surface area contributed by atoms with Crippen molar-refractivity contribution in [3.63, 3.8) is 0 Å². The lowest BCUT2D eigenvalue weighted by atomic mass is 10.2. The van der Waals surface area contributed by atoms with Crippen LogP contribution in [0.25, 0.3) is 0 Å². The van der Waals surface area contributed by atoms with E-state index in [0.717, 1.165) is 10.2 Å². The molecule has 3 rings (SSSR count). The number of halogens is 2. The maximum absolute atomic E-state index is 13.7. The summed E-state index contributed by atoms with van der Waals surface area (Å²) in [6.45, 7) is 1.58. The average Bonchev–Trinajstić information content (AvgIpc) is 2.65. The van der Waals surface area contributed by atoms with Gasteiger partial charge in [-0.05, 0) is 61.1 Å². The summed E-state index contributed by atoms with van der Waals surface area (Å²) < 4.78 is 20.5. The highest BCUT2D eigenvalue weighted by atomic mass is 35.5. The molecule has 0 aliphatic rings. The average molecular weight is 405 g/mol. The van der Waals surface area contributed by atoms with Crippen molar-refractivity contribution in [3.05, 3.63) is 85.3 Å². The van der Waals surface area contributed by atoms with Crippen LogP contribution in [0, 0.1) is 17.5 Å². The number of rotatable bonds is 5. The lowest BCUT2D eigenvalue weighted by molar-refractivity contribution is 0.300. The molecule has 0 radical (unpaired) electrons. The molecule has 0 bridgehead atoms. The van der Waals surface area contributed by atoms with Crippen molar-refractivity contribution >= 4 is 30.0 Å². The first-order chi connectivity index (χ1) is 13.0. The van der Waals surface area contributed by atoms with Crippen molar-refractivity contribution in [2.75, 3.05) is 0 Å². The zero-order chi connectivity index (χ0) is 19.4. The van der Waals surface area contributed by atoms with E-state index in [0.29, 0.717) is 16.3 Å². The van der Waals surface area contributed by atoms with Gasteiger partial charge in [-0.3, -0.25) is 9.89 Å². The molecule has 27 heavy (non-hydrogen) atoms. The summed E-state index contributed by atoms with van der Waals surface area (Å²) in [6, 6.07) is 11.4. The van der Waals surface area contributed by atoms with Crippen LogP contribution in [-0.4, -0.2) is 21.1 Å². The summed E-state index contributed by atoms with van der Waals surface area (Å²) in [4.78, 5) is 12.0. The number of hydrogen-bond acceptors (Lipinski definition) is 5. The molecular formula is C18H14ClFN4O2S. The van der Waals surface area contributed by atoms with Gasteiger partial charge in [0, 0.05) is 5.56 Å². The molecule has 0 aliphatic heterocycles. The van der Waals surface area contributed by atoms with Gasteiger partial charge < -0.3 is 4.74 Å². The lowest BCUT2D eigenvalue weighted by Crippen LogP contribution is -2.22. The maximum atomic E-state index is 13.7. The van der Waals surface area contributed by atoms with Gasteiger partial charge in [0.1, 0.15) is 23.9 Å². The van der Waals surface area contributed by atoms with Crippen molar-refractivity contribution in [2.45, 2.75) is 13.5 Å². The second-order valence-electron chi connectivity index (χ2n) is 5.53. The maximum Gasteiger partial charge on any atom is 0.296 e. The zero-order valence-corrected chi connectivity index (χ0v) is 15.7. The third-order valence-corrected chi connectivity index (χ3v) is 4.28. The molecule has 6 nitrogen and oxygen atoms in total. The summed E-state index contributed by atoms with van der Waals surface area (Å²) in [5, 5.41) is 10.7. The van der Waals surface area contributed by atoms with Gasteiger partial charge in [0.2, 0.25) is 4.77 Å². The largest absolute Gasteiger partial charge is 0.489 e. The fourth-order valence-corrected chi connectivity index (χ4v) is 2.57. The van der Waals surface area contributed by atoms with Gasteiger partial charge in [0.25, 0.3) is 5.56 Å². The second kappa shape index (κ2) is 8.24. The van der Waals surface area contributed by atoms with E-state index in [4.69, 9.17) is 28.6 Å². The van der Waals surface area contributed by atoms with Crippen LogP contribution in [0.4, 0.5) is 4.39 Å². The zero-order valence-electron chi connectivity index (χ0n) is 14.1. The van der Waals surface area contributed by atoms with E-state index in [9.17, 15) is 9.18 Å². The summed E-state index contributed by atoms with van der Waals surface area (Å²) in [6.07, 6.45) is 1.49. The highest BCUT2D eigenvalue weighted by molar-refractivity contribution is 7.71. The molecule has 1 N–H and O–H groups in total. The van der Waals surface area contributed by atoms with Crippen LogP contribution in [0.5, 0.6) is 5.75 Å². The molecular weight excluding hydrogens is 391 g/mol. The van der Waals surface area contributed by atoms with E-state index in [1.165, 1.54) is 18.3 Å². The predicted molar refractivity (Wildman–Crippen MR) is 104 cm³/mol. The van der Waals surface area contributed by atoms with Gasteiger partial charge in [-0.1, -0.05) is 17.7 Å². The van der Waals surface area contributed by atoms with Crippen molar-refractivity contribution in [1.29, 1.82) is 0 Å². The van der Waals surface area contributed by atoms with Crippen molar-refractivity contribution in [3.8, 4) is 5.75 Å². The SMILES string of the molecule is Cc1n[nH]c(=S)n(/N=C/c2ccc(OCc3c(F)cccc3Cl)cc2)c1=O. The van der Waals surface area contributed by atoms with Crippen LogP contribution in [-0.2, 0) is 6.61 Å². The Morgan fingerprint density at radius 2 is 2.07 bits per heavy atom. The Bertz CT molecular complexity index is 1090. The van der Waals surface area contributed by atoms with E-state index < -0.39 is 11.4 Å². The van der Waals surface area contributed by atoms with Crippen LogP contribution in [0.2, 0.25) is 5.02 Å². The third kappa shape index (κ3) is 4.47. The van der Waals surface area contributed by atoms with Crippen molar-refractivity contribution in [1.82, 2.24) is 14.9 Å². The van der Waals surface area contributed by atoms with Gasteiger partial charge >= 0.3 is 0 Å². The molecule has 0 aliphatic carbocycles. The molecule has 1 aromatic heterocycles. The smallest absolute Gasteiger partial charge is 0.296 e. The molecule has 0 atom stereocenters. The van der Waals surface area contributed by atoms with Crippen molar-refractivity contribution < 1.29 is 9.13 Å². The Kier molecular flexibility index (Phi) is 5.78. The Hall–Kier alpha value is -2.84. The molecule has 138 valence electrons. The summed E-state index contributed by atoms with van der Waals surface area (Å²) in [7, 11) is 0. The summed E-state index contributed by atoms with van der Waals surface area (Å²) in [5.74, 6) is 0.126. The predicted octanol–water partition coefficient (Wildman–Crippen LogP) is 3.86. The van der Waals surface area contributed by atoms with Crippen LogP contribution < -0.4 is 10.3 Å². The number of nitrogens with zero attached hydrogens (tertiary/aromatic N) is 3. The fraction of sp³-hybridized carbons (Fsp3) is 0.111. The minimum Gasteiger partial charge on any atom is -0.489 e. The molecule has 0 unspecified atom stereocenters. The first-order valence-electron chi connectivity index (χ1n) is 7.84. The van der Waals surface area contributed by atoms with E-state index in [1.807, 2.05) is 0 Å². The van der Waals surface area contributed by atoms with E-state index >= 15 is 0 Å². The highest BCUT2D eigenvalue weighted by Gasteiger charge is 2.07. The molecule has 0 spiro atoms. The van der Waals surface area contributed by atoms with Gasteiger partial charge in [-0.2, -0.15) is 14.9 Å². The summed E-state index contributed by atoms with van der Waals surface area (Å²) in [5.41, 5.74) is 0.890. The van der Waals surface area contributed by atoms with Crippen LogP contribution in [0.15, 0.2) is 52.4 Å². The molecule has 9 heteroatoms. The molecule has 0 saturated heterocycles. The van der Waals surface area contributed by atoms with E-state index in [-0.39, 0.29) is 17.1 Å². The summed E-state index contributed by atoms with van der Waals surface area (Å²) >= 11 is 11.0. The minimum atomic E-state index is -0.416. The Morgan fingerprint density at radius 1 is 1.33 bits per heavy atom. The van der Waals surface area contributed by atoms with Crippen LogP contribution in [0.3, 0.4) is 0 Å². The van der Waals surface area contributed by atoms with Gasteiger partial charge in [-0.25, -0.2) is 4.39 Å². The number of H-pyrrole nitrogens is 1. The topological polar surface area (TPSA) is 72.3 Å². The quantitative estimate of drug-likeness (QED) is 0.517. The first kappa shape index (κ1) is 18.9. The third-order valence-electron chi connectivity index (χ3n) is 3.66. The monoisotopic (exact) mass is 404 g/mol.